The minimum Gasteiger partial charge on any atom is -0.508 e. The van der Waals surface area contributed by atoms with Crippen LogP contribution in [0.5, 0.6) is 5.75 Å². The molecule has 0 saturated carbocycles. The molecule has 5 amide bonds. The highest BCUT2D eigenvalue weighted by Gasteiger charge is 2.33. The number of nitrogens with zero attached hydrogens (tertiary/aromatic N) is 1. The molecule has 0 aliphatic heterocycles. The molecular formula is C38H57IN6O9S. The smallest absolute Gasteiger partial charge is 0.408 e. The second kappa shape index (κ2) is 21.9. The number of sulfonamides is 1. The first-order valence-electron chi connectivity index (χ1n) is 18.2. The number of hydrogen-bond donors (Lipinski definition) is 6. The van der Waals surface area contributed by atoms with Gasteiger partial charge in [-0.2, -0.15) is 0 Å². The number of alkyl halides is 1. The van der Waals surface area contributed by atoms with Crippen LogP contribution in [0.4, 0.5) is 4.79 Å². The van der Waals surface area contributed by atoms with Gasteiger partial charge in [-0.05, 0) is 95.0 Å². The normalized spacial score (nSPS) is 13.4. The highest BCUT2D eigenvalue weighted by molar-refractivity contribution is 14.1. The van der Waals surface area contributed by atoms with Gasteiger partial charge >= 0.3 is 6.09 Å². The molecule has 0 aliphatic carbocycles. The number of phenolic OH excluding ortho intramolecular Hbond substituents is 1. The van der Waals surface area contributed by atoms with Crippen molar-refractivity contribution in [3.8, 4) is 5.75 Å². The Kier molecular flexibility index (Phi) is 18.8. The number of phenols is 1. The van der Waals surface area contributed by atoms with Gasteiger partial charge in [-0.3, -0.25) is 24.6 Å². The van der Waals surface area contributed by atoms with Crippen LogP contribution < -0.4 is 26.1 Å². The number of aromatic hydroxyl groups is 1. The average molecular weight is 901 g/mol. The number of alkyl carbamates (subject to hydrolysis) is 1. The molecule has 6 N–H and O–H groups in total. The summed E-state index contributed by atoms with van der Waals surface area (Å²) in [5.74, 6) is -2.80. The molecule has 0 bridgehead atoms. The van der Waals surface area contributed by atoms with Gasteiger partial charge < -0.3 is 25.8 Å². The third-order valence-electron chi connectivity index (χ3n) is 8.07. The van der Waals surface area contributed by atoms with Gasteiger partial charge in [0.05, 0.1) is 15.9 Å². The summed E-state index contributed by atoms with van der Waals surface area (Å²) < 4.78 is 33.5. The number of unbranched alkanes of at least 4 members (excludes halogenated alkanes) is 1. The van der Waals surface area contributed by atoms with E-state index >= 15 is 0 Å². The molecule has 0 fully saturated rings. The summed E-state index contributed by atoms with van der Waals surface area (Å²) >= 11 is 1.89. The summed E-state index contributed by atoms with van der Waals surface area (Å²) in [7, 11) is -3.77. The van der Waals surface area contributed by atoms with E-state index in [0.717, 1.165) is 10.6 Å². The van der Waals surface area contributed by atoms with Crippen LogP contribution in [0.1, 0.15) is 85.3 Å². The zero-order valence-corrected chi connectivity index (χ0v) is 35.9. The van der Waals surface area contributed by atoms with E-state index in [2.05, 4.69) is 26.1 Å². The van der Waals surface area contributed by atoms with Gasteiger partial charge in [0.15, 0.2) is 0 Å². The molecule has 0 unspecified atom stereocenters. The number of hydrogen-bond acceptors (Lipinski definition) is 9. The number of amides is 5. The lowest BCUT2D eigenvalue weighted by Crippen LogP contribution is -2.59. The van der Waals surface area contributed by atoms with Gasteiger partial charge in [-0.15, -0.1) is 0 Å². The molecule has 0 aliphatic rings. The molecular weight excluding hydrogens is 843 g/mol. The molecule has 0 aromatic heterocycles. The zero-order valence-electron chi connectivity index (χ0n) is 32.9. The first kappa shape index (κ1) is 47.2. The maximum absolute atomic E-state index is 14.0. The summed E-state index contributed by atoms with van der Waals surface area (Å²) in [6.07, 6.45) is 0.0626. The van der Waals surface area contributed by atoms with Gasteiger partial charge in [0.1, 0.15) is 29.5 Å². The summed E-state index contributed by atoms with van der Waals surface area (Å²) in [5, 5.41) is 18.9. The lowest BCUT2D eigenvalue weighted by Gasteiger charge is -2.29. The molecule has 2 rings (SSSR count). The van der Waals surface area contributed by atoms with Crippen molar-refractivity contribution in [2.75, 3.05) is 11.0 Å². The Morgan fingerprint density at radius 3 is 1.98 bits per heavy atom. The fraction of sp³-hybridized carbons (Fsp3) is 0.553. The largest absolute Gasteiger partial charge is 0.508 e. The van der Waals surface area contributed by atoms with E-state index in [1.165, 1.54) is 24.3 Å². The highest BCUT2D eigenvalue weighted by Crippen LogP contribution is 2.15. The molecule has 0 spiro atoms. The lowest BCUT2D eigenvalue weighted by atomic mass is 10.0. The van der Waals surface area contributed by atoms with E-state index in [-0.39, 0.29) is 46.9 Å². The van der Waals surface area contributed by atoms with Crippen LogP contribution in [0.3, 0.4) is 0 Å². The molecule has 55 heavy (non-hydrogen) atoms. The maximum atomic E-state index is 14.0. The van der Waals surface area contributed by atoms with E-state index < -0.39 is 69.4 Å². The third kappa shape index (κ3) is 17.2. The predicted octanol–water partition coefficient (Wildman–Crippen LogP) is 4.21. The Hall–Kier alpha value is -3.97. The number of carbonyl (C=O) groups excluding carboxylic acids is 5. The monoisotopic (exact) mass is 900 g/mol. The Morgan fingerprint density at radius 1 is 0.836 bits per heavy atom. The lowest BCUT2D eigenvalue weighted by molar-refractivity contribution is -0.142. The van der Waals surface area contributed by atoms with Gasteiger partial charge in [-0.1, -0.05) is 80.1 Å². The summed E-state index contributed by atoms with van der Waals surface area (Å²) in [6, 6.07) is 9.21. The number of hydrazine groups is 1. The van der Waals surface area contributed by atoms with E-state index in [9.17, 15) is 37.5 Å². The number of carbonyl (C=O) groups is 5. The molecule has 0 saturated heterocycles. The Bertz CT molecular complexity index is 1700. The second-order valence-corrected chi connectivity index (χ2v) is 17.6. The van der Waals surface area contributed by atoms with Crippen LogP contribution in [0.15, 0.2) is 53.4 Å². The van der Waals surface area contributed by atoms with Crippen LogP contribution in [0.2, 0.25) is 0 Å². The van der Waals surface area contributed by atoms with E-state index in [1.807, 2.05) is 43.4 Å². The number of aryl methyl sites for hydroxylation is 1. The van der Waals surface area contributed by atoms with Crippen molar-refractivity contribution >= 4 is 62.3 Å². The van der Waals surface area contributed by atoms with Gasteiger partial charge in [-0.25, -0.2) is 22.9 Å². The molecule has 0 heterocycles. The maximum Gasteiger partial charge on any atom is 0.408 e. The Morgan fingerprint density at radius 2 is 1.44 bits per heavy atom. The quantitative estimate of drug-likeness (QED) is 0.0516. The average Bonchev–Trinajstić information content (AvgIpc) is 3.08. The van der Waals surface area contributed by atoms with Crippen molar-refractivity contribution in [1.29, 1.82) is 0 Å². The standard InChI is InChI=1S/C38H57IN6O9S/c1-24(2)21-31(35(49)44-45(32(47)22-39)23-27-14-16-28(46)17-15-27)42-34(48)30(41-36(50)33(25(3)4)43-37(51)54-38(6,7)8)11-9-10-20-40-55(52,53)29-18-12-26(5)13-19-29/h12-19,24-25,30-31,33,40,46H,9-11,20-23H2,1-8H3,(H,41,50)(H,42,48)(H,43,51)(H,44,49)/t30-,31-,33-/m0/s1. The van der Waals surface area contributed by atoms with Crippen LogP contribution in [0, 0.1) is 18.8 Å². The molecule has 2 aromatic carbocycles. The van der Waals surface area contributed by atoms with Crippen LogP contribution >= 0.6 is 22.6 Å². The molecule has 15 nitrogen and oxygen atoms in total. The summed E-state index contributed by atoms with van der Waals surface area (Å²) in [4.78, 5) is 66.9. The SMILES string of the molecule is Cc1ccc(S(=O)(=O)NCCCC[C@H](NC(=O)[C@@H](NC(=O)OC(C)(C)C)C(C)C)C(=O)N[C@@H](CC(C)C)C(=O)NN(Cc2ccc(O)cc2)C(=O)CI)cc1. The minimum absolute atomic E-state index is 0.00376. The zero-order chi connectivity index (χ0) is 41.5. The van der Waals surface area contributed by atoms with Crippen molar-refractivity contribution in [3.63, 3.8) is 0 Å². The van der Waals surface area contributed by atoms with Crippen molar-refractivity contribution in [2.45, 2.75) is 116 Å². The number of benzene rings is 2. The van der Waals surface area contributed by atoms with Crippen LogP contribution in [-0.4, -0.2) is 83.0 Å². The molecule has 2 aromatic rings. The summed E-state index contributed by atoms with van der Waals surface area (Å²) in [6.45, 7) is 14.2. The first-order chi connectivity index (χ1) is 25.6. The van der Waals surface area contributed by atoms with Crippen molar-refractivity contribution in [1.82, 2.24) is 31.1 Å². The van der Waals surface area contributed by atoms with Crippen molar-refractivity contribution in [3.05, 3.63) is 59.7 Å². The Balaban J connectivity index is 2.29. The van der Waals surface area contributed by atoms with Crippen molar-refractivity contribution in [2.24, 2.45) is 11.8 Å². The predicted molar refractivity (Wildman–Crippen MR) is 217 cm³/mol. The summed E-state index contributed by atoms with van der Waals surface area (Å²) in [5.41, 5.74) is 3.37. The van der Waals surface area contributed by atoms with Gasteiger partial charge in [0.25, 0.3) is 11.8 Å². The fourth-order valence-electron chi connectivity index (χ4n) is 5.21. The number of ether oxygens (including phenoxy) is 1. The molecule has 17 heteroatoms. The Labute approximate surface area is 338 Å². The van der Waals surface area contributed by atoms with E-state index in [0.29, 0.717) is 18.4 Å². The van der Waals surface area contributed by atoms with Crippen LogP contribution in [-0.2, 0) is 40.5 Å². The van der Waals surface area contributed by atoms with Crippen LogP contribution in [0.25, 0.3) is 0 Å². The first-order valence-corrected chi connectivity index (χ1v) is 21.2. The molecule has 0 radical (unpaired) electrons. The topological polar surface area (TPSA) is 212 Å². The minimum atomic E-state index is -3.77. The van der Waals surface area contributed by atoms with Gasteiger partial charge in [0.2, 0.25) is 21.8 Å². The number of halogens is 1. The second-order valence-electron chi connectivity index (χ2n) is 15.1. The van der Waals surface area contributed by atoms with E-state index in [1.54, 1.807) is 58.9 Å². The molecule has 3 atom stereocenters. The number of nitrogens with one attached hydrogen (secondary N) is 5. The highest BCUT2D eigenvalue weighted by atomic mass is 127. The van der Waals surface area contributed by atoms with Gasteiger partial charge in [0, 0.05) is 6.54 Å². The molecule has 306 valence electrons. The number of rotatable bonds is 19. The fourth-order valence-corrected chi connectivity index (χ4v) is 6.70. The third-order valence-corrected chi connectivity index (χ3v) is 10.2. The van der Waals surface area contributed by atoms with Crippen molar-refractivity contribution < 1.29 is 42.2 Å². The van der Waals surface area contributed by atoms with E-state index in [4.69, 9.17) is 4.74 Å².